The van der Waals surface area contributed by atoms with E-state index in [1.54, 1.807) is 0 Å². The molecular formula is C9H18O3. The molecule has 0 spiro atoms. The van der Waals surface area contributed by atoms with Gasteiger partial charge in [0.05, 0.1) is 0 Å². The first-order chi connectivity index (χ1) is 5.58. The maximum Gasteiger partial charge on any atom is 0.310 e. The van der Waals surface area contributed by atoms with Gasteiger partial charge in [-0.15, -0.1) is 0 Å². The minimum atomic E-state index is -1.03. The molecule has 0 aliphatic rings. The summed E-state index contributed by atoms with van der Waals surface area (Å²) in [7, 11) is 0. The molecule has 0 aliphatic heterocycles. The van der Waals surface area contributed by atoms with E-state index in [4.69, 9.17) is 5.11 Å². The first-order valence-electron chi connectivity index (χ1n) is 4.31. The molecule has 0 aromatic carbocycles. The SMILES string of the molecule is CCC.CCCC(=O)CC(=O)O. The van der Waals surface area contributed by atoms with Gasteiger partial charge < -0.3 is 5.11 Å². The summed E-state index contributed by atoms with van der Waals surface area (Å²) in [4.78, 5) is 20.3. The van der Waals surface area contributed by atoms with E-state index in [0.717, 1.165) is 6.42 Å². The topological polar surface area (TPSA) is 54.4 Å². The highest BCUT2D eigenvalue weighted by molar-refractivity contribution is 5.94. The van der Waals surface area contributed by atoms with Crippen molar-refractivity contribution in [3.63, 3.8) is 0 Å². The number of hydrogen-bond donors (Lipinski definition) is 1. The molecule has 0 fully saturated rings. The molecular weight excluding hydrogens is 156 g/mol. The Hall–Kier alpha value is -0.860. The van der Waals surface area contributed by atoms with E-state index in [1.807, 2.05) is 6.92 Å². The zero-order valence-electron chi connectivity index (χ0n) is 8.09. The lowest BCUT2D eigenvalue weighted by Gasteiger charge is -1.90. The van der Waals surface area contributed by atoms with E-state index >= 15 is 0 Å². The standard InChI is InChI=1S/C6H10O3.C3H8/c1-2-3-5(7)4-6(8)9;1-3-2/h2-4H2,1H3,(H,8,9);3H2,1-2H3. The third kappa shape index (κ3) is 16.1. The number of carboxylic acid groups (broad SMARTS) is 1. The van der Waals surface area contributed by atoms with Crippen LogP contribution in [0.1, 0.15) is 46.5 Å². The Kier molecular flexibility index (Phi) is 11.6. The summed E-state index contributed by atoms with van der Waals surface area (Å²) in [6.07, 6.45) is 2.03. The third-order valence-corrected chi connectivity index (χ3v) is 0.877. The lowest BCUT2D eigenvalue weighted by molar-refractivity contribution is -0.140. The Balaban J connectivity index is 0. The second kappa shape index (κ2) is 10.1. The van der Waals surface area contributed by atoms with Crippen LogP contribution < -0.4 is 0 Å². The number of carbonyl (C=O) groups excluding carboxylic acids is 1. The highest BCUT2D eigenvalue weighted by atomic mass is 16.4. The van der Waals surface area contributed by atoms with Crippen LogP contribution in [-0.4, -0.2) is 16.9 Å². The fourth-order valence-corrected chi connectivity index (χ4v) is 0.536. The van der Waals surface area contributed by atoms with E-state index in [2.05, 4.69) is 13.8 Å². The van der Waals surface area contributed by atoms with Gasteiger partial charge in [-0.1, -0.05) is 27.2 Å². The number of carbonyl (C=O) groups is 2. The first kappa shape index (κ1) is 13.7. The number of ketones is 1. The summed E-state index contributed by atoms with van der Waals surface area (Å²) in [6.45, 7) is 6.10. The molecule has 0 radical (unpaired) electrons. The molecule has 3 heteroatoms. The van der Waals surface area contributed by atoms with Crippen LogP contribution in [0.5, 0.6) is 0 Å². The second-order valence-electron chi connectivity index (χ2n) is 2.57. The highest BCUT2D eigenvalue weighted by Crippen LogP contribution is 1.92. The molecule has 0 amide bonds. The van der Waals surface area contributed by atoms with Crippen LogP contribution in [0, 0.1) is 0 Å². The summed E-state index contributed by atoms with van der Waals surface area (Å²) >= 11 is 0. The van der Waals surface area contributed by atoms with Crippen LogP contribution in [0.3, 0.4) is 0 Å². The summed E-state index contributed by atoms with van der Waals surface area (Å²) in [5.41, 5.74) is 0. The van der Waals surface area contributed by atoms with Gasteiger partial charge in [-0.25, -0.2) is 0 Å². The quantitative estimate of drug-likeness (QED) is 0.665. The fraction of sp³-hybridized carbons (Fsp3) is 0.778. The van der Waals surface area contributed by atoms with Crippen molar-refractivity contribution in [2.24, 2.45) is 0 Å². The van der Waals surface area contributed by atoms with Crippen LogP contribution in [0.4, 0.5) is 0 Å². The van der Waals surface area contributed by atoms with Crippen molar-refractivity contribution in [2.45, 2.75) is 46.5 Å². The number of rotatable bonds is 4. The summed E-state index contributed by atoms with van der Waals surface area (Å²) in [5.74, 6) is -1.22. The molecule has 0 atom stereocenters. The van der Waals surface area contributed by atoms with Crippen molar-refractivity contribution in [3.05, 3.63) is 0 Å². The van der Waals surface area contributed by atoms with Crippen molar-refractivity contribution in [1.82, 2.24) is 0 Å². The van der Waals surface area contributed by atoms with Crippen molar-refractivity contribution >= 4 is 11.8 Å². The molecule has 3 nitrogen and oxygen atoms in total. The zero-order chi connectivity index (χ0) is 9.98. The van der Waals surface area contributed by atoms with Gasteiger partial charge in [0.25, 0.3) is 0 Å². The monoisotopic (exact) mass is 174 g/mol. The maximum atomic E-state index is 10.5. The number of carboxylic acids is 1. The largest absolute Gasteiger partial charge is 0.481 e. The molecule has 72 valence electrons. The third-order valence-electron chi connectivity index (χ3n) is 0.877. The molecule has 12 heavy (non-hydrogen) atoms. The molecule has 0 aromatic rings. The van der Waals surface area contributed by atoms with Gasteiger partial charge in [-0.3, -0.25) is 9.59 Å². The number of hydrogen-bond acceptors (Lipinski definition) is 2. The minimum Gasteiger partial charge on any atom is -0.481 e. The van der Waals surface area contributed by atoms with E-state index in [1.165, 1.54) is 6.42 Å². The normalized spacial score (nSPS) is 8.25. The smallest absolute Gasteiger partial charge is 0.310 e. The number of Topliss-reactive ketones (excluding diaryl/α,β-unsaturated/α-hetero) is 1. The average molecular weight is 174 g/mol. The molecule has 0 saturated carbocycles. The molecule has 0 bridgehead atoms. The Bertz CT molecular complexity index is 130. The lowest BCUT2D eigenvalue weighted by Crippen LogP contribution is -2.05. The predicted molar refractivity (Wildman–Crippen MR) is 48.1 cm³/mol. The van der Waals surface area contributed by atoms with Crippen molar-refractivity contribution in [2.75, 3.05) is 0 Å². The van der Waals surface area contributed by atoms with Gasteiger partial charge in [-0.2, -0.15) is 0 Å². The summed E-state index contributed by atoms with van der Waals surface area (Å²) < 4.78 is 0. The summed E-state index contributed by atoms with van der Waals surface area (Å²) in [5, 5.41) is 8.09. The Morgan fingerprint density at radius 3 is 1.83 bits per heavy atom. The second-order valence-corrected chi connectivity index (χ2v) is 2.57. The molecule has 0 heterocycles. The Morgan fingerprint density at radius 1 is 1.17 bits per heavy atom. The van der Waals surface area contributed by atoms with Crippen molar-refractivity contribution in [3.8, 4) is 0 Å². The van der Waals surface area contributed by atoms with Crippen molar-refractivity contribution < 1.29 is 14.7 Å². The summed E-state index contributed by atoms with van der Waals surface area (Å²) in [6, 6.07) is 0. The average Bonchev–Trinajstić information content (AvgIpc) is 1.87. The number of aliphatic carboxylic acids is 1. The van der Waals surface area contributed by atoms with Crippen LogP contribution >= 0.6 is 0 Å². The van der Waals surface area contributed by atoms with E-state index in [0.29, 0.717) is 6.42 Å². The predicted octanol–water partition coefficient (Wildman–Crippen LogP) is 2.25. The van der Waals surface area contributed by atoms with Gasteiger partial charge in [0.1, 0.15) is 12.2 Å². The maximum absolute atomic E-state index is 10.5. The zero-order valence-corrected chi connectivity index (χ0v) is 8.09. The van der Waals surface area contributed by atoms with Gasteiger partial charge in [-0.05, 0) is 6.42 Å². The molecule has 1 N–H and O–H groups in total. The highest BCUT2D eigenvalue weighted by Gasteiger charge is 2.04. The van der Waals surface area contributed by atoms with Crippen LogP contribution in [0.25, 0.3) is 0 Å². The van der Waals surface area contributed by atoms with Crippen LogP contribution in [0.15, 0.2) is 0 Å². The minimum absolute atomic E-state index is 0.190. The van der Waals surface area contributed by atoms with E-state index in [-0.39, 0.29) is 12.2 Å². The van der Waals surface area contributed by atoms with Crippen LogP contribution in [-0.2, 0) is 9.59 Å². The van der Waals surface area contributed by atoms with E-state index in [9.17, 15) is 9.59 Å². The molecule has 0 rings (SSSR count). The van der Waals surface area contributed by atoms with Gasteiger partial charge in [0, 0.05) is 6.42 Å². The van der Waals surface area contributed by atoms with Gasteiger partial charge in [0.2, 0.25) is 0 Å². The lowest BCUT2D eigenvalue weighted by atomic mass is 10.2. The fourth-order valence-electron chi connectivity index (χ4n) is 0.536. The molecule has 0 saturated heterocycles. The Morgan fingerprint density at radius 2 is 1.58 bits per heavy atom. The van der Waals surface area contributed by atoms with Crippen LogP contribution in [0.2, 0.25) is 0 Å². The first-order valence-corrected chi connectivity index (χ1v) is 4.31. The van der Waals surface area contributed by atoms with Crippen molar-refractivity contribution in [1.29, 1.82) is 0 Å². The van der Waals surface area contributed by atoms with Gasteiger partial charge >= 0.3 is 5.97 Å². The molecule has 0 aromatic heterocycles. The Labute approximate surface area is 73.8 Å². The molecule has 0 aliphatic carbocycles. The van der Waals surface area contributed by atoms with Gasteiger partial charge in [0.15, 0.2) is 0 Å². The van der Waals surface area contributed by atoms with E-state index < -0.39 is 5.97 Å². The molecule has 0 unspecified atom stereocenters.